The first-order valence-electron chi connectivity index (χ1n) is 28.6. The number of unbranched alkanes of at least 4 members (excludes halogenated alkanes) is 28. The van der Waals surface area contributed by atoms with E-state index in [1.165, 1.54) is 286 Å². The van der Waals surface area contributed by atoms with Crippen LogP contribution in [0, 0.1) is 3.57 Å². The van der Waals surface area contributed by atoms with Crippen molar-refractivity contribution in [2.24, 2.45) is 0 Å². The summed E-state index contributed by atoms with van der Waals surface area (Å²) < 4.78 is 22.7. The van der Waals surface area contributed by atoms with E-state index in [-0.39, 0.29) is 10.8 Å². The number of halogens is 2. The van der Waals surface area contributed by atoms with Gasteiger partial charge in [0.25, 0.3) is 0 Å². The Labute approximate surface area is 444 Å². The summed E-state index contributed by atoms with van der Waals surface area (Å²) in [6.45, 7) is 9.32. The normalized spacial score (nSPS) is 14.3. The predicted octanol–water partition coefficient (Wildman–Crippen LogP) is 21.7. The molecule has 0 atom stereocenters. The van der Waals surface area contributed by atoms with E-state index in [0.29, 0.717) is 0 Å². The molecule has 0 bridgehead atoms. The summed E-state index contributed by atoms with van der Waals surface area (Å²) in [7, 11) is 0. The molecule has 0 amide bonds. The molecule has 0 N–H and O–H groups in total. The van der Waals surface area contributed by atoms with Crippen molar-refractivity contribution in [1.82, 2.24) is 17.5 Å². The van der Waals surface area contributed by atoms with Gasteiger partial charge in [0.15, 0.2) is 0 Å². The van der Waals surface area contributed by atoms with E-state index < -0.39 is 0 Å². The van der Waals surface area contributed by atoms with Crippen molar-refractivity contribution in [3.05, 3.63) is 54.6 Å². The molecule has 0 spiro atoms. The van der Waals surface area contributed by atoms with Crippen molar-refractivity contribution in [1.29, 1.82) is 0 Å². The number of nitrogens with zero attached hydrogens (tertiary/aromatic N) is 4. The highest BCUT2D eigenvalue weighted by Gasteiger charge is 2.49. The maximum absolute atomic E-state index is 5.22. The maximum atomic E-state index is 5.22. The Morgan fingerprint density at radius 3 is 1.03 bits per heavy atom. The molecule has 5 aromatic rings. The lowest BCUT2D eigenvalue weighted by atomic mass is 9.68. The van der Waals surface area contributed by atoms with Crippen LogP contribution in [0.3, 0.4) is 0 Å². The summed E-state index contributed by atoms with van der Waals surface area (Å²) in [6, 6.07) is 10.6. The molecule has 0 fully saturated rings. The second-order valence-electron chi connectivity index (χ2n) is 21.5. The fraction of sp³-hybridized carbons (Fsp3) is 0.700. The molecule has 0 radical (unpaired) electrons. The van der Waals surface area contributed by atoms with E-state index in [1.54, 1.807) is 16.7 Å². The van der Waals surface area contributed by atoms with Gasteiger partial charge in [0, 0.05) is 30.0 Å². The van der Waals surface area contributed by atoms with E-state index in [0.717, 1.165) is 26.5 Å². The Morgan fingerprint density at radius 1 is 0.368 bits per heavy atom. The summed E-state index contributed by atoms with van der Waals surface area (Å²) in [4.78, 5) is 0. The Balaban J connectivity index is 1.33. The van der Waals surface area contributed by atoms with Gasteiger partial charge in [-0.05, 0) is 122 Å². The Bertz CT molecular complexity index is 2100. The quantitative estimate of drug-likeness (QED) is 0.0296. The van der Waals surface area contributed by atoms with E-state index >= 15 is 0 Å². The van der Waals surface area contributed by atoms with E-state index in [1.807, 2.05) is 0 Å². The van der Waals surface area contributed by atoms with Gasteiger partial charge < -0.3 is 0 Å². The monoisotopic (exact) mass is 1130 g/mol. The van der Waals surface area contributed by atoms with E-state index in [4.69, 9.17) is 17.5 Å². The first-order valence-corrected chi connectivity index (χ1v) is 31.9. The van der Waals surface area contributed by atoms with Crippen molar-refractivity contribution in [2.75, 3.05) is 0 Å². The van der Waals surface area contributed by atoms with Crippen LogP contribution in [-0.2, 0) is 10.8 Å². The average Bonchev–Trinajstić information content (AvgIpc) is 4.14. The molecule has 4 nitrogen and oxygen atoms in total. The highest BCUT2D eigenvalue weighted by Crippen LogP contribution is 2.63. The van der Waals surface area contributed by atoms with Crippen LogP contribution in [0.15, 0.2) is 28.7 Å². The Morgan fingerprint density at radius 2 is 0.662 bits per heavy atom. The Kier molecular flexibility index (Phi) is 22.4. The smallest absolute Gasteiger partial charge is 0.119 e. The van der Waals surface area contributed by atoms with E-state index in [2.05, 4.69) is 90.5 Å². The standard InChI is InChI=1S/C60H88BrIN4S2/c1-5-9-13-17-21-25-29-33-37-59(38-34-30-26-22-18-14-10-6-2)47-42-46-48(41-45(47)53-49(59)43-51(61)55-57(53)65-67-63-55)60(39-35-31-27-23-19-15-11-7-3,40-36-32-28-24-20-16-12-8-4)50-44-52(62)56-58(54(46)50)66-68-64-56/h41-44H,5-40H2,1-4H3. The molecule has 8 heteroatoms. The third kappa shape index (κ3) is 12.8. The fourth-order valence-electron chi connectivity index (χ4n) is 12.8. The largest absolute Gasteiger partial charge is 0.172 e. The van der Waals surface area contributed by atoms with Crippen LogP contribution >= 0.6 is 62.0 Å². The van der Waals surface area contributed by atoms with Gasteiger partial charge >= 0.3 is 0 Å². The lowest BCUT2D eigenvalue weighted by Gasteiger charge is -2.35. The van der Waals surface area contributed by atoms with Crippen LogP contribution in [0.4, 0.5) is 0 Å². The third-order valence-electron chi connectivity index (χ3n) is 16.6. The third-order valence-corrected chi connectivity index (χ3v) is 19.1. The lowest BCUT2D eigenvalue weighted by Crippen LogP contribution is -2.27. The summed E-state index contributed by atoms with van der Waals surface area (Å²) in [5, 5.41) is 0. The fourth-order valence-corrected chi connectivity index (χ4v) is 15.4. The molecule has 2 aliphatic carbocycles. The van der Waals surface area contributed by atoms with Crippen molar-refractivity contribution in [3.63, 3.8) is 0 Å². The number of aromatic nitrogens is 4. The van der Waals surface area contributed by atoms with Gasteiger partial charge in [0.2, 0.25) is 0 Å². The summed E-state index contributed by atoms with van der Waals surface area (Å²) >= 11 is 9.50. The van der Waals surface area contributed by atoms with E-state index in [9.17, 15) is 0 Å². The molecule has 0 saturated carbocycles. The van der Waals surface area contributed by atoms with Gasteiger partial charge in [0.05, 0.1) is 23.5 Å². The topological polar surface area (TPSA) is 51.6 Å². The van der Waals surface area contributed by atoms with Gasteiger partial charge in [-0.2, -0.15) is 17.5 Å². The second kappa shape index (κ2) is 28.1. The zero-order chi connectivity index (χ0) is 47.6. The van der Waals surface area contributed by atoms with Crippen LogP contribution in [0.1, 0.15) is 281 Å². The molecule has 2 heterocycles. The molecule has 0 saturated heterocycles. The molecule has 2 aromatic heterocycles. The Hall–Kier alpha value is -1.49. The van der Waals surface area contributed by atoms with Crippen molar-refractivity contribution in [2.45, 2.75) is 270 Å². The van der Waals surface area contributed by atoms with Gasteiger partial charge in [-0.25, -0.2) is 0 Å². The second-order valence-corrected chi connectivity index (χ2v) is 24.6. The SMILES string of the molecule is CCCCCCCCCCC1(CCCCCCCCCC)c2cc3c(cc2-c2c1cc(Br)c1nsnc21)C(CCCCCCCCCC)(CCCCCCCCCC)c1cc(I)c2nsnc2c1-3. The number of rotatable bonds is 36. The van der Waals surface area contributed by atoms with Crippen LogP contribution in [0.25, 0.3) is 44.3 Å². The summed E-state index contributed by atoms with van der Waals surface area (Å²) in [6.07, 6.45) is 47.9. The van der Waals surface area contributed by atoms with Crippen LogP contribution in [-0.4, -0.2) is 17.5 Å². The number of hydrogen-bond acceptors (Lipinski definition) is 6. The number of benzene rings is 3. The molecular formula is C60H88BrIN4S2. The van der Waals surface area contributed by atoms with Gasteiger partial charge in [-0.15, -0.1) is 0 Å². The van der Waals surface area contributed by atoms with Crippen LogP contribution < -0.4 is 0 Å². The maximum Gasteiger partial charge on any atom is 0.119 e. The van der Waals surface area contributed by atoms with Gasteiger partial charge in [-0.1, -0.05) is 233 Å². The highest BCUT2D eigenvalue weighted by atomic mass is 127. The highest BCUT2D eigenvalue weighted by molar-refractivity contribution is 14.1. The molecule has 7 rings (SSSR count). The molecule has 0 aliphatic heterocycles. The van der Waals surface area contributed by atoms with Crippen molar-refractivity contribution < 1.29 is 0 Å². The summed E-state index contributed by atoms with van der Waals surface area (Å²) in [5.41, 5.74) is 16.3. The van der Waals surface area contributed by atoms with Crippen molar-refractivity contribution in [3.8, 4) is 22.3 Å². The number of hydrogen-bond donors (Lipinski definition) is 0. The molecule has 68 heavy (non-hydrogen) atoms. The summed E-state index contributed by atoms with van der Waals surface area (Å²) in [5.74, 6) is 0. The lowest BCUT2D eigenvalue weighted by molar-refractivity contribution is 0.393. The van der Waals surface area contributed by atoms with Crippen LogP contribution in [0.2, 0.25) is 0 Å². The van der Waals surface area contributed by atoms with Gasteiger partial charge in [-0.3, -0.25) is 0 Å². The minimum Gasteiger partial charge on any atom is -0.172 e. The first kappa shape index (κ1) is 54.3. The molecule has 0 unspecified atom stereocenters. The molecule has 3 aromatic carbocycles. The van der Waals surface area contributed by atoms with Crippen molar-refractivity contribution >= 4 is 84.0 Å². The average molecular weight is 1140 g/mol. The zero-order valence-electron chi connectivity index (χ0n) is 43.1. The minimum absolute atomic E-state index is 0.0440. The zero-order valence-corrected chi connectivity index (χ0v) is 48.5. The van der Waals surface area contributed by atoms with Gasteiger partial charge in [0.1, 0.15) is 22.1 Å². The first-order chi connectivity index (χ1) is 33.5. The molecule has 2 aliphatic rings. The minimum atomic E-state index is -0.0615. The predicted molar refractivity (Wildman–Crippen MR) is 310 cm³/mol. The number of fused-ring (bicyclic) bond motifs is 10. The molecular weight excluding hydrogens is 1050 g/mol. The molecule has 374 valence electrons. The van der Waals surface area contributed by atoms with Crippen LogP contribution in [0.5, 0.6) is 0 Å².